The van der Waals surface area contributed by atoms with Gasteiger partial charge in [0.05, 0.1) is 0 Å². The van der Waals surface area contributed by atoms with E-state index in [1.165, 1.54) is 45.1 Å². The van der Waals surface area contributed by atoms with Crippen molar-refractivity contribution in [1.29, 1.82) is 0 Å². The SMILES string of the molecule is CCC1(CC)CCC(CNC(C)C)CC1. The first-order chi connectivity index (χ1) is 7.12. The molecule has 1 rings (SSSR count). The van der Waals surface area contributed by atoms with Crippen molar-refractivity contribution < 1.29 is 0 Å². The van der Waals surface area contributed by atoms with Crippen LogP contribution in [0.4, 0.5) is 0 Å². The van der Waals surface area contributed by atoms with E-state index in [4.69, 9.17) is 0 Å². The van der Waals surface area contributed by atoms with Gasteiger partial charge in [0, 0.05) is 6.04 Å². The van der Waals surface area contributed by atoms with E-state index in [0.29, 0.717) is 11.5 Å². The second kappa shape index (κ2) is 5.89. The fourth-order valence-electron chi connectivity index (χ4n) is 2.85. The van der Waals surface area contributed by atoms with Crippen LogP contribution >= 0.6 is 0 Å². The first-order valence-corrected chi connectivity index (χ1v) is 6.85. The smallest absolute Gasteiger partial charge is 0.00104 e. The molecule has 0 aromatic rings. The first kappa shape index (κ1) is 13.0. The molecule has 1 N–H and O–H groups in total. The summed E-state index contributed by atoms with van der Waals surface area (Å²) in [6.07, 6.45) is 8.58. The molecule has 1 aliphatic rings. The Morgan fingerprint density at radius 3 is 2.07 bits per heavy atom. The lowest BCUT2D eigenvalue weighted by molar-refractivity contribution is 0.134. The van der Waals surface area contributed by atoms with Crippen LogP contribution in [-0.2, 0) is 0 Å². The fraction of sp³-hybridized carbons (Fsp3) is 1.00. The highest BCUT2D eigenvalue weighted by atomic mass is 14.9. The molecule has 1 nitrogen and oxygen atoms in total. The van der Waals surface area contributed by atoms with E-state index in [0.717, 1.165) is 5.92 Å². The Bertz CT molecular complexity index is 160. The highest BCUT2D eigenvalue weighted by Crippen LogP contribution is 2.43. The van der Waals surface area contributed by atoms with Crippen molar-refractivity contribution in [2.75, 3.05) is 6.54 Å². The quantitative estimate of drug-likeness (QED) is 0.725. The average Bonchev–Trinajstić information content (AvgIpc) is 2.27. The van der Waals surface area contributed by atoms with E-state index in [9.17, 15) is 0 Å². The van der Waals surface area contributed by atoms with Crippen molar-refractivity contribution >= 4 is 0 Å². The summed E-state index contributed by atoms with van der Waals surface area (Å²) in [5.41, 5.74) is 0.703. The van der Waals surface area contributed by atoms with Gasteiger partial charge in [0.25, 0.3) is 0 Å². The standard InChI is InChI=1S/C14H29N/c1-5-14(6-2)9-7-13(8-10-14)11-15-12(3)4/h12-13,15H,5-11H2,1-4H3. The van der Waals surface area contributed by atoms with Crippen molar-refractivity contribution in [3.63, 3.8) is 0 Å². The summed E-state index contributed by atoms with van der Waals surface area (Å²) < 4.78 is 0. The zero-order valence-corrected chi connectivity index (χ0v) is 11.1. The summed E-state index contributed by atoms with van der Waals surface area (Å²) in [5.74, 6) is 0.943. The molecule has 0 spiro atoms. The lowest BCUT2D eigenvalue weighted by Crippen LogP contribution is -2.34. The van der Waals surface area contributed by atoms with Gasteiger partial charge < -0.3 is 5.32 Å². The molecule has 0 aromatic carbocycles. The summed E-state index contributed by atoms with van der Waals surface area (Å²) in [6, 6.07) is 0.647. The molecule has 0 saturated heterocycles. The molecule has 1 aliphatic carbocycles. The van der Waals surface area contributed by atoms with E-state index in [1.807, 2.05) is 0 Å². The summed E-state index contributed by atoms with van der Waals surface area (Å²) in [6.45, 7) is 10.5. The van der Waals surface area contributed by atoms with Crippen molar-refractivity contribution in [3.05, 3.63) is 0 Å². The van der Waals surface area contributed by atoms with E-state index >= 15 is 0 Å². The molecule has 0 radical (unpaired) electrons. The minimum atomic E-state index is 0.647. The Labute approximate surface area is 96.0 Å². The number of hydrogen-bond donors (Lipinski definition) is 1. The summed E-state index contributed by atoms with van der Waals surface area (Å²) in [7, 11) is 0. The topological polar surface area (TPSA) is 12.0 Å². The molecular formula is C14H29N. The van der Waals surface area contributed by atoms with Gasteiger partial charge in [-0.05, 0) is 43.6 Å². The van der Waals surface area contributed by atoms with Crippen molar-refractivity contribution in [3.8, 4) is 0 Å². The van der Waals surface area contributed by atoms with Gasteiger partial charge >= 0.3 is 0 Å². The van der Waals surface area contributed by atoms with Crippen LogP contribution in [0.25, 0.3) is 0 Å². The van der Waals surface area contributed by atoms with Gasteiger partial charge in [-0.2, -0.15) is 0 Å². The fourth-order valence-corrected chi connectivity index (χ4v) is 2.85. The molecule has 1 fully saturated rings. The monoisotopic (exact) mass is 211 g/mol. The molecule has 0 unspecified atom stereocenters. The van der Waals surface area contributed by atoms with Crippen LogP contribution in [-0.4, -0.2) is 12.6 Å². The molecule has 0 amide bonds. The third-order valence-corrected chi connectivity index (χ3v) is 4.48. The maximum absolute atomic E-state index is 3.58. The molecule has 0 aromatic heterocycles. The second-order valence-corrected chi connectivity index (χ2v) is 5.71. The van der Waals surface area contributed by atoms with Crippen molar-refractivity contribution in [1.82, 2.24) is 5.32 Å². The largest absolute Gasteiger partial charge is 0.314 e. The Hall–Kier alpha value is -0.0400. The molecule has 15 heavy (non-hydrogen) atoms. The lowest BCUT2D eigenvalue weighted by atomic mass is 9.67. The van der Waals surface area contributed by atoms with Crippen LogP contribution in [0.2, 0.25) is 0 Å². The predicted octanol–water partition coefficient (Wildman–Crippen LogP) is 3.98. The normalized spacial score (nSPS) is 22.2. The van der Waals surface area contributed by atoms with Gasteiger partial charge in [-0.15, -0.1) is 0 Å². The Balaban J connectivity index is 2.28. The van der Waals surface area contributed by atoms with E-state index in [2.05, 4.69) is 33.0 Å². The molecule has 0 bridgehead atoms. The molecule has 1 saturated carbocycles. The maximum Gasteiger partial charge on any atom is 0.00104 e. The van der Waals surface area contributed by atoms with Gasteiger partial charge in [-0.25, -0.2) is 0 Å². The summed E-state index contributed by atoms with van der Waals surface area (Å²) in [5, 5.41) is 3.58. The van der Waals surface area contributed by atoms with Gasteiger partial charge in [0.15, 0.2) is 0 Å². The zero-order chi connectivity index (χ0) is 11.3. The number of nitrogens with one attached hydrogen (secondary N) is 1. The summed E-state index contributed by atoms with van der Waals surface area (Å²) in [4.78, 5) is 0. The summed E-state index contributed by atoms with van der Waals surface area (Å²) >= 11 is 0. The highest BCUT2D eigenvalue weighted by molar-refractivity contribution is 4.84. The molecule has 0 heterocycles. The third kappa shape index (κ3) is 3.79. The van der Waals surface area contributed by atoms with E-state index in [1.54, 1.807) is 0 Å². The maximum atomic E-state index is 3.58. The van der Waals surface area contributed by atoms with Crippen LogP contribution in [0, 0.1) is 11.3 Å². The second-order valence-electron chi connectivity index (χ2n) is 5.71. The zero-order valence-electron chi connectivity index (χ0n) is 11.1. The van der Waals surface area contributed by atoms with E-state index < -0.39 is 0 Å². The van der Waals surface area contributed by atoms with Crippen molar-refractivity contribution in [2.45, 2.75) is 72.3 Å². The van der Waals surface area contributed by atoms with Crippen LogP contribution in [0.1, 0.15) is 66.2 Å². The molecule has 90 valence electrons. The van der Waals surface area contributed by atoms with Gasteiger partial charge in [-0.1, -0.05) is 40.5 Å². The molecular weight excluding hydrogens is 182 g/mol. The van der Waals surface area contributed by atoms with Gasteiger partial charge in [-0.3, -0.25) is 0 Å². The van der Waals surface area contributed by atoms with Gasteiger partial charge in [0.1, 0.15) is 0 Å². The lowest BCUT2D eigenvalue weighted by Gasteiger charge is -2.39. The van der Waals surface area contributed by atoms with Crippen LogP contribution in [0.3, 0.4) is 0 Å². The van der Waals surface area contributed by atoms with Crippen molar-refractivity contribution in [2.24, 2.45) is 11.3 Å². The minimum Gasteiger partial charge on any atom is -0.314 e. The molecule has 0 atom stereocenters. The highest BCUT2D eigenvalue weighted by Gasteiger charge is 2.31. The Morgan fingerprint density at radius 1 is 1.13 bits per heavy atom. The van der Waals surface area contributed by atoms with E-state index in [-0.39, 0.29) is 0 Å². The Morgan fingerprint density at radius 2 is 1.67 bits per heavy atom. The third-order valence-electron chi connectivity index (χ3n) is 4.48. The van der Waals surface area contributed by atoms with Crippen LogP contribution in [0.15, 0.2) is 0 Å². The minimum absolute atomic E-state index is 0.647. The average molecular weight is 211 g/mol. The molecule has 0 aliphatic heterocycles. The Kier molecular flexibility index (Phi) is 5.11. The van der Waals surface area contributed by atoms with Crippen LogP contribution in [0.5, 0.6) is 0 Å². The molecule has 1 heteroatoms. The number of rotatable bonds is 5. The number of hydrogen-bond acceptors (Lipinski definition) is 1. The van der Waals surface area contributed by atoms with Crippen LogP contribution < -0.4 is 5.32 Å². The predicted molar refractivity (Wildman–Crippen MR) is 68.1 cm³/mol. The van der Waals surface area contributed by atoms with Gasteiger partial charge in [0.2, 0.25) is 0 Å². The first-order valence-electron chi connectivity index (χ1n) is 6.85.